The minimum Gasteiger partial charge on any atom is -0.364 e. The standard InChI is InChI=1S/C11H9FN2O2/c12-9-3-1-8(2-4-9)7-13-11(15)10-5-6-16-14-10/h1-6H,7H2,(H,13,15). The predicted molar refractivity (Wildman–Crippen MR) is 54.1 cm³/mol. The fraction of sp³-hybridized carbons (Fsp3) is 0.0909. The van der Waals surface area contributed by atoms with Crippen molar-refractivity contribution in [2.75, 3.05) is 0 Å². The average Bonchev–Trinajstić information content (AvgIpc) is 2.81. The Balaban J connectivity index is 1.93. The van der Waals surface area contributed by atoms with Gasteiger partial charge in [-0.1, -0.05) is 17.3 Å². The van der Waals surface area contributed by atoms with E-state index in [-0.39, 0.29) is 17.4 Å². The van der Waals surface area contributed by atoms with Gasteiger partial charge in [-0.3, -0.25) is 4.79 Å². The van der Waals surface area contributed by atoms with E-state index < -0.39 is 0 Å². The molecule has 1 aromatic heterocycles. The van der Waals surface area contributed by atoms with Crippen molar-refractivity contribution >= 4 is 5.91 Å². The number of carbonyl (C=O) groups is 1. The number of hydrogen-bond acceptors (Lipinski definition) is 3. The number of benzene rings is 1. The lowest BCUT2D eigenvalue weighted by Gasteiger charge is -2.02. The van der Waals surface area contributed by atoms with Crippen LogP contribution in [-0.2, 0) is 6.54 Å². The first-order chi connectivity index (χ1) is 7.75. The van der Waals surface area contributed by atoms with Crippen molar-refractivity contribution in [1.82, 2.24) is 10.5 Å². The van der Waals surface area contributed by atoms with E-state index >= 15 is 0 Å². The van der Waals surface area contributed by atoms with Gasteiger partial charge < -0.3 is 9.84 Å². The molecule has 1 N–H and O–H groups in total. The zero-order valence-electron chi connectivity index (χ0n) is 8.31. The van der Waals surface area contributed by atoms with Crippen LogP contribution >= 0.6 is 0 Å². The van der Waals surface area contributed by atoms with Crippen LogP contribution in [0.2, 0.25) is 0 Å². The molecule has 0 aliphatic rings. The number of nitrogens with one attached hydrogen (secondary N) is 1. The summed E-state index contributed by atoms with van der Waals surface area (Å²) in [5.74, 6) is -0.621. The second-order valence-corrected chi connectivity index (χ2v) is 3.19. The Morgan fingerprint density at radius 2 is 2.06 bits per heavy atom. The molecule has 2 rings (SSSR count). The van der Waals surface area contributed by atoms with Crippen molar-refractivity contribution in [2.24, 2.45) is 0 Å². The van der Waals surface area contributed by atoms with E-state index in [4.69, 9.17) is 0 Å². The molecule has 2 aromatic rings. The van der Waals surface area contributed by atoms with Crippen molar-refractivity contribution in [1.29, 1.82) is 0 Å². The third-order valence-corrected chi connectivity index (χ3v) is 2.04. The maximum atomic E-state index is 12.6. The van der Waals surface area contributed by atoms with Crippen molar-refractivity contribution in [2.45, 2.75) is 6.54 Å². The molecule has 0 saturated carbocycles. The highest BCUT2D eigenvalue weighted by Gasteiger charge is 2.07. The fourth-order valence-corrected chi connectivity index (χ4v) is 1.20. The quantitative estimate of drug-likeness (QED) is 0.857. The molecule has 1 amide bonds. The van der Waals surface area contributed by atoms with E-state index in [1.165, 1.54) is 24.5 Å². The van der Waals surface area contributed by atoms with E-state index in [1.807, 2.05) is 0 Å². The maximum absolute atomic E-state index is 12.6. The van der Waals surface area contributed by atoms with E-state index in [0.717, 1.165) is 5.56 Å². The molecule has 4 nitrogen and oxygen atoms in total. The Labute approximate surface area is 91.1 Å². The fourth-order valence-electron chi connectivity index (χ4n) is 1.20. The van der Waals surface area contributed by atoms with Crippen LogP contribution in [0, 0.1) is 5.82 Å². The van der Waals surface area contributed by atoms with Gasteiger partial charge in [0, 0.05) is 12.6 Å². The van der Waals surface area contributed by atoms with Crippen LogP contribution in [0.3, 0.4) is 0 Å². The smallest absolute Gasteiger partial charge is 0.273 e. The van der Waals surface area contributed by atoms with Gasteiger partial charge in [0.1, 0.15) is 12.1 Å². The zero-order chi connectivity index (χ0) is 11.4. The second kappa shape index (κ2) is 4.57. The van der Waals surface area contributed by atoms with Gasteiger partial charge in [-0.05, 0) is 17.7 Å². The summed E-state index contributed by atoms with van der Waals surface area (Å²) in [4.78, 5) is 11.4. The Morgan fingerprint density at radius 3 is 2.69 bits per heavy atom. The van der Waals surface area contributed by atoms with Crippen molar-refractivity contribution in [3.05, 3.63) is 53.7 Å². The normalized spacial score (nSPS) is 10.1. The lowest BCUT2D eigenvalue weighted by Crippen LogP contribution is -2.22. The molecule has 0 atom stereocenters. The van der Waals surface area contributed by atoms with Gasteiger partial charge in [0.2, 0.25) is 0 Å². The molecule has 0 aliphatic carbocycles. The number of halogens is 1. The molecule has 0 radical (unpaired) electrons. The molecular weight excluding hydrogens is 211 g/mol. The molecule has 0 unspecified atom stereocenters. The summed E-state index contributed by atoms with van der Waals surface area (Å²) in [5, 5.41) is 6.13. The van der Waals surface area contributed by atoms with Gasteiger partial charge in [0.15, 0.2) is 5.69 Å². The maximum Gasteiger partial charge on any atom is 0.273 e. The summed E-state index contributed by atoms with van der Waals surface area (Å²) in [6, 6.07) is 7.38. The molecule has 5 heteroatoms. The molecule has 0 aliphatic heterocycles. The van der Waals surface area contributed by atoms with Gasteiger partial charge in [0.25, 0.3) is 5.91 Å². The van der Waals surface area contributed by atoms with Crippen LogP contribution in [0.5, 0.6) is 0 Å². The predicted octanol–water partition coefficient (Wildman–Crippen LogP) is 1.74. The third-order valence-electron chi connectivity index (χ3n) is 2.04. The minimum atomic E-state index is -0.321. The molecule has 82 valence electrons. The summed E-state index contributed by atoms with van der Waals surface area (Å²) >= 11 is 0. The van der Waals surface area contributed by atoms with E-state index in [2.05, 4.69) is 15.0 Å². The molecule has 0 bridgehead atoms. The summed E-state index contributed by atoms with van der Waals surface area (Å²) in [6.07, 6.45) is 1.33. The highest BCUT2D eigenvalue weighted by Crippen LogP contribution is 2.02. The van der Waals surface area contributed by atoms with Crippen molar-refractivity contribution in [3.8, 4) is 0 Å². The van der Waals surface area contributed by atoms with Crippen LogP contribution in [0.1, 0.15) is 16.1 Å². The topological polar surface area (TPSA) is 55.1 Å². The molecule has 0 fully saturated rings. The van der Waals surface area contributed by atoms with Gasteiger partial charge >= 0.3 is 0 Å². The largest absolute Gasteiger partial charge is 0.364 e. The second-order valence-electron chi connectivity index (χ2n) is 3.19. The average molecular weight is 220 g/mol. The van der Waals surface area contributed by atoms with Crippen LogP contribution in [0.25, 0.3) is 0 Å². The molecule has 0 saturated heterocycles. The van der Waals surface area contributed by atoms with Gasteiger partial charge in [-0.15, -0.1) is 0 Å². The molecule has 1 aromatic carbocycles. The number of nitrogens with zero attached hydrogens (tertiary/aromatic N) is 1. The third kappa shape index (κ3) is 2.44. The highest BCUT2D eigenvalue weighted by atomic mass is 19.1. The lowest BCUT2D eigenvalue weighted by molar-refractivity contribution is 0.0942. The molecule has 0 spiro atoms. The monoisotopic (exact) mass is 220 g/mol. The first kappa shape index (κ1) is 10.4. The first-order valence-electron chi connectivity index (χ1n) is 4.69. The molecular formula is C11H9FN2O2. The SMILES string of the molecule is O=C(NCc1ccc(F)cc1)c1ccon1. The molecule has 1 heterocycles. The van der Waals surface area contributed by atoms with Crippen LogP contribution in [0.15, 0.2) is 41.1 Å². The first-order valence-corrected chi connectivity index (χ1v) is 4.69. The number of amides is 1. The van der Waals surface area contributed by atoms with E-state index in [9.17, 15) is 9.18 Å². The number of aromatic nitrogens is 1. The van der Waals surface area contributed by atoms with E-state index in [1.54, 1.807) is 12.1 Å². The number of hydrogen-bond donors (Lipinski definition) is 1. The summed E-state index contributed by atoms with van der Waals surface area (Å²) in [7, 11) is 0. The Bertz CT molecular complexity index is 465. The van der Waals surface area contributed by atoms with Gasteiger partial charge in [-0.25, -0.2) is 4.39 Å². The summed E-state index contributed by atoms with van der Waals surface area (Å²) in [6.45, 7) is 0.325. The van der Waals surface area contributed by atoms with Crippen LogP contribution in [-0.4, -0.2) is 11.1 Å². The summed E-state index contributed by atoms with van der Waals surface area (Å²) in [5.41, 5.74) is 1.04. The highest BCUT2D eigenvalue weighted by molar-refractivity contribution is 5.91. The summed E-state index contributed by atoms with van der Waals surface area (Å²) < 4.78 is 17.1. The number of carbonyl (C=O) groups excluding carboxylic acids is 1. The van der Waals surface area contributed by atoms with Gasteiger partial charge in [-0.2, -0.15) is 0 Å². The Hall–Kier alpha value is -2.17. The Morgan fingerprint density at radius 1 is 1.31 bits per heavy atom. The number of rotatable bonds is 3. The lowest BCUT2D eigenvalue weighted by atomic mass is 10.2. The van der Waals surface area contributed by atoms with E-state index in [0.29, 0.717) is 6.54 Å². The van der Waals surface area contributed by atoms with Gasteiger partial charge in [0.05, 0.1) is 0 Å². The van der Waals surface area contributed by atoms with Crippen LogP contribution < -0.4 is 5.32 Å². The van der Waals surface area contributed by atoms with Crippen molar-refractivity contribution in [3.63, 3.8) is 0 Å². The Kier molecular flexibility index (Phi) is 2.95. The van der Waals surface area contributed by atoms with Crippen LogP contribution in [0.4, 0.5) is 4.39 Å². The zero-order valence-corrected chi connectivity index (χ0v) is 8.31. The minimum absolute atomic E-state index is 0.224. The molecule has 16 heavy (non-hydrogen) atoms. The van der Waals surface area contributed by atoms with Crippen molar-refractivity contribution < 1.29 is 13.7 Å².